The van der Waals surface area contributed by atoms with Crippen LogP contribution in [0.2, 0.25) is 0 Å². The van der Waals surface area contributed by atoms with Crippen LogP contribution in [0.15, 0.2) is 54.2 Å². The minimum Gasteiger partial charge on any atom is -0.460 e. The van der Waals surface area contributed by atoms with Gasteiger partial charge in [0.2, 0.25) is 0 Å². The molecule has 2 aromatic carbocycles. The van der Waals surface area contributed by atoms with Crippen molar-refractivity contribution in [1.82, 2.24) is 15.2 Å². The zero-order chi connectivity index (χ0) is 32.1. The van der Waals surface area contributed by atoms with Crippen molar-refractivity contribution < 1.29 is 27.8 Å². The molecule has 1 aliphatic rings. The predicted molar refractivity (Wildman–Crippen MR) is 169 cm³/mol. The van der Waals surface area contributed by atoms with Gasteiger partial charge in [0.15, 0.2) is 17.4 Å². The third-order valence-corrected chi connectivity index (χ3v) is 8.23. The molecule has 9 nitrogen and oxygen atoms in total. The molecule has 0 aliphatic carbocycles. The van der Waals surface area contributed by atoms with Crippen LogP contribution in [0.3, 0.4) is 0 Å². The van der Waals surface area contributed by atoms with E-state index in [0.29, 0.717) is 47.9 Å². The van der Waals surface area contributed by atoms with E-state index in [1.165, 1.54) is 17.4 Å². The fourth-order valence-corrected chi connectivity index (χ4v) is 6.11. The van der Waals surface area contributed by atoms with E-state index < -0.39 is 28.9 Å². The van der Waals surface area contributed by atoms with Gasteiger partial charge in [-0.3, -0.25) is 9.59 Å². The van der Waals surface area contributed by atoms with Crippen LogP contribution in [0.5, 0.6) is 11.5 Å². The summed E-state index contributed by atoms with van der Waals surface area (Å²) in [6.45, 7) is 8.62. The molecule has 0 unspecified atom stereocenters. The summed E-state index contributed by atoms with van der Waals surface area (Å²) in [5, 5.41) is 12.9. The number of benzene rings is 2. The molecule has 1 amide bonds. The monoisotopic (exact) mass is 635 g/mol. The fourth-order valence-electron chi connectivity index (χ4n) is 5.32. The van der Waals surface area contributed by atoms with Gasteiger partial charge >= 0.3 is 5.97 Å². The van der Waals surface area contributed by atoms with Gasteiger partial charge in [0.1, 0.15) is 22.1 Å². The highest BCUT2D eigenvalue weighted by atomic mass is 32.1. The summed E-state index contributed by atoms with van der Waals surface area (Å²) in [6, 6.07) is 8.55. The normalized spacial score (nSPS) is 15.1. The summed E-state index contributed by atoms with van der Waals surface area (Å²) < 4.78 is 40.3. The first-order chi connectivity index (χ1) is 21.5. The number of para-hydroxylation sites is 1. The SMILES string of the molecule is Cc1c(Oc2c(F)cccc2F)ccc(NC(=O)c2csc(-c3ccnnc3)n2)c1N1CCC[C@@H](CCC(=O)OC(C)(C)C)C1. The predicted octanol–water partition coefficient (Wildman–Crippen LogP) is 7.57. The fraction of sp³-hybridized carbons (Fsp3) is 0.364. The largest absolute Gasteiger partial charge is 0.460 e. The topological polar surface area (TPSA) is 107 Å². The highest BCUT2D eigenvalue weighted by molar-refractivity contribution is 7.13. The second kappa shape index (κ2) is 13.7. The number of amides is 1. The van der Waals surface area contributed by atoms with Gasteiger partial charge < -0.3 is 19.7 Å². The van der Waals surface area contributed by atoms with Crippen LogP contribution in [0, 0.1) is 24.5 Å². The van der Waals surface area contributed by atoms with Crippen LogP contribution >= 0.6 is 11.3 Å². The summed E-state index contributed by atoms with van der Waals surface area (Å²) in [6.07, 6.45) is 5.87. The number of nitrogens with zero attached hydrogens (tertiary/aromatic N) is 4. The van der Waals surface area contributed by atoms with Crippen LogP contribution < -0.4 is 15.0 Å². The lowest BCUT2D eigenvalue weighted by Crippen LogP contribution is -2.37. The minimum atomic E-state index is -0.822. The molecule has 12 heteroatoms. The number of carbonyl (C=O) groups excluding carboxylic acids is 2. The van der Waals surface area contributed by atoms with Crippen LogP contribution in [0.1, 0.15) is 62.5 Å². The first kappa shape index (κ1) is 32.0. The lowest BCUT2D eigenvalue weighted by molar-refractivity contribution is -0.155. The van der Waals surface area contributed by atoms with Crippen LogP contribution in [0.25, 0.3) is 10.6 Å². The Balaban J connectivity index is 1.42. The Bertz CT molecular complexity index is 1660. The van der Waals surface area contributed by atoms with E-state index in [9.17, 15) is 18.4 Å². The van der Waals surface area contributed by atoms with E-state index in [4.69, 9.17) is 9.47 Å². The number of halogens is 2. The number of anilines is 2. The number of hydrogen-bond acceptors (Lipinski definition) is 9. The molecule has 45 heavy (non-hydrogen) atoms. The molecule has 1 saturated heterocycles. The Morgan fingerprint density at radius 2 is 1.89 bits per heavy atom. The lowest BCUT2D eigenvalue weighted by atomic mass is 9.92. The molecule has 5 rings (SSSR count). The Kier molecular flexibility index (Phi) is 9.71. The maximum absolute atomic E-state index is 14.5. The third kappa shape index (κ3) is 7.99. The first-order valence-corrected chi connectivity index (χ1v) is 15.6. The molecule has 4 aromatic rings. The summed E-state index contributed by atoms with van der Waals surface area (Å²) in [7, 11) is 0. The van der Waals surface area contributed by atoms with Crippen molar-refractivity contribution in [3.63, 3.8) is 0 Å². The van der Waals surface area contributed by atoms with Crippen LogP contribution in [-0.4, -0.2) is 45.7 Å². The quantitative estimate of drug-likeness (QED) is 0.188. The summed E-state index contributed by atoms with van der Waals surface area (Å²) in [5.41, 5.74) is 2.21. The lowest BCUT2D eigenvalue weighted by Gasteiger charge is -2.37. The Labute approximate surface area is 264 Å². The second-order valence-corrected chi connectivity index (χ2v) is 12.8. The van der Waals surface area contributed by atoms with Gasteiger partial charge in [-0.05, 0) is 83.2 Å². The molecule has 0 bridgehead atoms. The number of thiazole rings is 1. The average molecular weight is 636 g/mol. The number of piperidine rings is 1. The smallest absolute Gasteiger partial charge is 0.306 e. The van der Waals surface area contributed by atoms with Crippen molar-refractivity contribution in [2.24, 2.45) is 5.92 Å². The van der Waals surface area contributed by atoms with Crippen molar-refractivity contribution >= 4 is 34.6 Å². The average Bonchev–Trinajstić information content (AvgIpc) is 3.50. The van der Waals surface area contributed by atoms with Crippen LogP contribution in [-0.2, 0) is 9.53 Å². The standard InChI is InChI=1S/C33H35F2N5O4S/c1-20-27(43-30-23(34)8-5-9-24(30)35)12-11-25(38-31(42)26-19-45-32(39-26)22-14-15-36-37-17-22)29(20)40-16-6-7-21(18-40)10-13-28(41)44-33(2,3)4/h5,8-9,11-12,14-15,17,19,21H,6-7,10,13,16,18H2,1-4H3,(H,38,42)/t21-/m0/s1. The molecule has 2 aromatic heterocycles. The summed E-state index contributed by atoms with van der Waals surface area (Å²) in [4.78, 5) is 32.5. The Morgan fingerprint density at radius 1 is 1.11 bits per heavy atom. The van der Waals surface area contributed by atoms with Gasteiger partial charge in [-0.2, -0.15) is 10.2 Å². The molecule has 0 radical (unpaired) electrons. The molecule has 0 saturated carbocycles. The number of nitrogens with one attached hydrogen (secondary N) is 1. The highest BCUT2D eigenvalue weighted by Gasteiger charge is 2.27. The first-order valence-electron chi connectivity index (χ1n) is 14.7. The Hall–Kier alpha value is -4.45. The number of hydrogen-bond donors (Lipinski definition) is 1. The molecule has 1 fully saturated rings. The summed E-state index contributed by atoms with van der Waals surface area (Å²) >= 11 is 1.32. The molecule has 3 heterocycles. The molecule has 1 aliphatic heterocycles. The van der Waals surface area contributed by atoms with Crippen molar-refractivity contribution in [2.75, 3.05) is 23.3 Å². The minimum absolute atomic E-state index is 0.192. The maximum atomic E-state index is 14.5. The van der Waals surface area contributed by atoms with E-state index in [1.54, 1.807) is 42.9 Å². The van der Waals surface area contributed by atoms with E-state index >= 15 is 0 Å². The van der Waals surface area contributed by atoms with Gasteiger partial charge in [-0.15, -0.1) is 11.3 Å². The number of aromatic nitrogens is 3. The third-order valence-electron chi connectivity index (χ3n) is 7.34. The molecular weight excluding hydrogens is 600 g/mol. The zero-order valence-electron chi connectivity index (χ0n) is 25.6. The van der Waals surface area contributed by atoms with E-state index in [1.807, 2.05) is 20.8 Å². The number of esters is 1. The van der Waals surface area contributed by atoms with Crippen molar-refractivity contribution in [3.05, 3.63) is 77.1 Å². The van der Waals surface area contributed by atoms with Crippen molar-refractivity contribution in [2.45, 2.75) is 59.0 Å². The molecular formula is C33H35F2N5O4S. The van der Waals surface area contributed by atoms with Gasteiger partial charge in [-0.25, -0.2) is 13.8 Å². The van der Waals surface area contributed by atoms with E-state index in [2.05, 4.69) is 25.4 Å². The number of rotatable bonds is 9. The Morgan fingerprint density at radius 3 is 2.60 bits per heavy atom. The van der Waals surface area contributed by atoms with Gasteiger partial charge in [0, 0.05) is 36.0 Å². The number of carbonyl (C=O) groups is 2. The molecule has 1 atom stereocenters. The zero-order valence-corrected chi connectivity index (χ0v) is 26.4. The molecule has 0 spiro atoms. The molecule has 236 valence electrons. The van der Waals surface area contributed by atoms with E-state index in [-0.39, 0.29) is 23.3 Å². The molecule has 1 N–H and O–H groups in total. The van der Waals surface area contributed by atoms with Crippen molar-refractivity contribution in [3.8, 4) is 22.1 Å². The van der Waals surface area contributed by atoms with Crippen molar-refractivity contribution in [1.29, 1.82) is 0 Å². The highest BCUT2D eigenvalue weighted by Crippen LogP contribution is 2.41. The van der Waals surface area contributed by atoms with E-state index in [0.717, 1.165) is 30.5 Å². The van der Waals surface area contributed by atoms with Gasteiger partial charge in [0.25, 0.3) is 5.91 Å². The maximum Gasteiger partial charge on any atom is 0.306 e. The summed E-state index contributed by atoms with van der Waals surface area (Å²) in [5.74, 6) is -2.35. The second-order valence-electron chi connectivity index (χ2n) is 11.9. The van der Waals surface area contributed by atoms with Gasteiger partial charge in [-0.1, -0.05) is 6.07 Å². The van der Waals surface area contributed by atoms with Gasteiger partial charge in [0.05, 0.1) is 23.8 Å². The number of ether oxygens (including phenoxy) is 2. The van der Waals surface area contributed by atoms with Crippen LogP contribution in [0.4, 0.5) is 20.2 Å².